The number of nitrogens with one attached hydrogen (secondary N) is 2. The zero-order valence-corrected chi connectivity index (χ0v) is 11.5. The van der Waals surface area contributed by atoms with Crippen molar-refractivity contribution in [3.63, 3.8) is 0 Å². The Labute approximate surface area is 117 Å². The summed E-state index contributed by atoms with van der Waals surface area (Å²) in [7, 11) is 0. The summed E-state index contributed by atoms with van der Waals surface area (Å²) in [6.07, 6.45) is 0.273. The van der Waals surface area contributed by atoms with Crippen LogP contribution >= 0.6 is 0 Å². The molecule has 110 valence electrons. The molecule has 0 radical (unpaired) electrons. The van der Waals surface area contributed by atoms with Crippen LogP contribution in [0, 0.1) is 11.7 Å². The molecule has 1 aromatic rings. The minimum atomic E-state index is -1.33. The molecule has 0 unspecified atom stereocenters. The van der Waals surface area contributed by atoms with Crippen molar-refractivity contribution >= 4 is 12.0 Å². The van der Waals surface area contributed by atoms with Crippen LogP contribution in [0.5, 0.6) is 0 Å². The van der Waals surface area contributed by atoms with Gasteiger partial charge in [-0.1, -0.05) is 32.0 Å². The van der Waals surface area contributed by atoms with Gasteiger partial charge in [0.05, 0.1) is 12.0 Å². The monoisotopic (exact) mass is 281 g/mol. The summed E-state index contributed by atoms with van der Waals surface area (Å²) in [6.45, 7) is 3.67. The van der Waals surface area contributed by atoms with Crippen LogP contribution in [0.2, 0.25) is 0 Å². The Balaban J connectivity index is 2.50. The van der Waals surface area contributed by atoms with Gasteiger partial charge in [0.25, 0.3) is 0 Å². The molecule has 0 heterocycles. The minimum absolute atomic E-state index is 0.0139. The summed E-state index contributed by atoms with van der Waals surface area (Å²) in [6, 6.07) is 4.31. The second-order valence-corrected chi connectivity index (χ2v) is 4.92. The second-order valence-electron chi connectivity index (χ2n) is 4.92. The van der Waals surface area contributed by atoms with Gasteiger partial charge in [0.1, 0.15) is 5.82 Å². The lowest BCUT2D eigenvalue weighted by molar-refractivity contribution is -0.308. The van der Waals surface area contributed by atoms with Gasteiger partial charge in [-0.3, -0.25) is 0 Å². The SMILES string of the molecule is CC(C)C[C@H](NC(=O)NCc1ccccc1F)C(=O)[O-]. The smallest absolute Gasteiger partial charge is 0.315 e. The maximum atomic E-state index is 13.3. The molecule has 20 heavy (non-hydrogen) atoms. The topological polar surface area (TPSA) is 81.3 Å². The average Bonchev–Trinajstić information content (AvgIpc) is 2.36. The van der Waals surface area contributed by atoms with Crippen molar-refractivity contribution in [3.05, 3.63) is 35.6 Å². The Morgan fingerprint density at radius 2 is 1.95 bits per heavy atom. The van der Waals surface area contributed by atoms with Crippen LogP contribution in [0.15, 0.2) is 24.3 Å². The van der Waals surface area contributed by atoms with E-state index in [2.05, 4.69) is 10.6 Å². The fraction of sp³-hybridized carbons (Fsp3) is 0.429. The number of urea groups is 1. The number of benzene rings is 1. The van der Waals surface area contributed by atoms with Crippen molar-refractivity contribution in [2.75, 3.05) is 0 Å². The van der Waals surface area contributed by atoms with E-state index in [0.717, 1.165) is 0 Å². The predicted molar refractivity (Wildman–Crippen MR) is 70.0 cm³/mol. The van der Waals surface area contributed by atoms with Gasteiger partial charge < -0.3 is 20.5 Å². The summed E-state index contributed by atoms with van der Waals surface area (Å²) in [5, 5.41) is 15.6. The van der Waals surface area contributed by atoms with Crippen LogP contribution in [0.25, 0.3) is 0 Å². The summed E-state index contributed by atoms with van der Waals surface area (Å²) in [5.74, 6) is -1.66. The quantitative estimate of drug-likeness (QED) is 0.809. The van der Waals surface area contributed by atoms with Gasteiger partial charge in [0.2, 0.25) is 0 Å². The number of carboxylic acid groups (broad SMARTS) is 1. The molecule has 1 aromatic carbocycles. The molecule has 0 bridgehead atoms. The Hall–Kier alpha value is -2.11. The first-order chi connectivity index (χ1) is 9.40. The molecule has 0 aliphatic heterocycles. The first-order valence-electron chi connectivity index (χ1n) is 6.38. The van der Waals surface area contributed by atoms with Gasteiger partial charge >= 0.3 is 6.03 Å². The molecule has 0 aromatic heterocycles. The van der Waals surface area contributed by atoms with E-state index in [1.807, 2.05) is 13.8 Å². The van der Waals surface area contributed by atoms with Gasteiger partial charge in [-0.15, -0.1) is 0 Å². The van der Waals surface area contributed by atoms with Crippen LogP contribution in [0.1, 0.15) is 25.8 Å². The molecule has 0 aliphatic rings. The first-order valence-corrected chi connectivity index (χ1v) is 6.38. The molecule has 2 N–H and O–H groups in total. The number of halogens is 1. The number of hydrogen-bond donors (Lipinski definition) is 2. The number of aliphatic carboxylic acids is 1. The van der Waals surface area contributed by atoms with E-state index in [4.69, 9.17) is 0 Å². The lowest BCUT2D eigenvalue weighted by Gasteiger charge is -2.21. The van der Waals surface area contributed by atoms with Crippen LogP contribution in [0.4, 0.5) is 9.18 Å². The second kappa shape index (κ2) is 7.47. The van der Waals surface area contributed by atoms with Crippen molar-refractivity contribution < 1.29 is 19.1 Å². The molecule has 0 saturated carbocycles. The summed E-state index contributed by atoms with van der Waals surface area (Å²) < 4.78 is 13.3. The summed E-state index contributed by atoms with van der Waals surface area (Å²) in [4.78, 5) is 22.5. The summed E-state index contributed by atoms with van der Waals surface area (Å²) in [5.41, 5.74) is 0.330. The van der Waals surface area contributed by atoms with E-state index < -0.39 is 23.9 Å². The lowest BCUT2D eigenvalue weighted by atomic mass is 10.0. The third-order valence-electron chi connectivity index (χ3n) is 2.69. The Bertz CT molecular complexity index is 477. The Morgan fingerprint density at radius 1 is 1.30 bits per heavy atom. The zero-order chi connectivity index (χ0) is 15.1. The first kappa shape index (κ1) is 15.9. The van der Waals surface area contributed by atoms with Crippen LogP contribution in [0.3, 0.4) is 0 Å². The van der Waals surface area contributed by atoms with Gasteiger partial charge in [-0.2, -0.15) is 0 Å². The zero-order valence-electron chi connectivity index (χ0n) is 11.5. The Morgan fingerprint density at radius 3 is 2.50 bits per heavy atom. The molecule has 1 atom stereocenters. The van der Waals surface area contributed by atoms with Crippen LogP contribution in [-0.2, 0) is 11.3 Å². The largest absolute Gasteiger partial charge is 0.548 e. The molecular weight excluding hydrogens is 263 g/mol. The van der Waals surface area contributed by atoms with E-state index in [1.54, 1.807) is 18.2 Å². The van der Waals surface area contributed by atoms with Gasteiger partial charge in [0.15, 0.2) is 0 Å². The number of carbonyl (C=O) groups excluding carboxylic acids is 2. The predicted octanol–water partition coefficient (Wildman–Crippen LogP) is 0.789. The highest BCUT2D eigenvalue weighted by atomic mass is 19.1. The summed E-state index contributed by atoms with van der Waals surface area (Å²) >= 11 is 0. The maximum Gasteiger partial charge on any atom is 0.315 e. The van der Waals surface area contributed by atoms with E-state index in [1.165, 1.54) is 6.07 Å². The normalized spacial score (nSPS) is 12.0. The third kappa shape index (κ3) is 5.26. The van der Waals surface area contributed by atoms with Crippen LogP contribution < -0.4 is 15.7 Å². The maximum absolute atomic E-state index is 13.3. The van der Waals surface area contributed by atoms with E-state index >= 15 is 0 Å². The molecule has 0 aliphatic carbocycles. The minimum Gasteiger partial charge on any atom is -0.548 e. The number of rotatable bonds is 6. The van der Waals surface area contributed by atoms with Gasteiger partial charge in [0, 0.05) is 12.1 Å². The van der Waals surface area contributed by atoms with Gasteiger partial charge in [-0.05, 0) is 18.4 Å². The van der Waals surface area contributed by atoms with E-state index in [-0.39, 0.29) is 18.9 Å². The van der Waals surface area contributed by atoms with Gasteiger partial charge in [-0.25, -0.2) is 9.18 Å². The number of carbonyl (C=O) groups is 2. The number of amides is 2. The van der Waals surface area contributed by atoms with E-state index in [9.17, 15) is 19.1 Å². The van der Waals surface area contributed by atoms with Crippen LogP contribution in [-0.4, -0.2) is 18.0 Å². The fourth-order valence-corrected chi connectivity index (χ4v) is 1.71. The van der Waals surface area contributed by atoms with Crippen molar-refractivity contribution in [2.24, 2.45) is 5.92 Å². The molecule has 0 fully saturated rings. The van der Waals surface area contributed by atoms with E-state index in [0.29, 0.717) is 5.56 Å². The van der Waals surface area contributed by atoms with Crippen molar-refractivity contribution in [1.29, 1.82) is 0 Å². The van der Waals surface area contributed by atoms with Crippen molar-refractivity contribution in [2.45, 2.75) is 32.9 Å². The highest BCUT2D eigenvalue weighted by Crippen LogP contribution is 2.06. The van der Waals surface area contributed by atoms with Crippen molar-refractivity contribution in [1.82, 2.24) is 10.6 Å². The molecular formula is C14H18FN2O3-. The highest BCUT2D eigenvalue weighted by molar-refractivity contribution is 5.81. The molecule has 6 heteroatoms. The molecule has 5 nitrogen and oxygen atoms in total. The lowest BCUT2D eigenvalue weighted by Crippen LogP contribution is -2.51. The number of hydrogen-bond acceptors (Lipinski definition) is 3. The molecule has 1 rings (SSSR count). The Kier molecular flexibility index (Phi) is 5.96. The number of carboxylic acids is 1. The molecule has 2 amide bonds. The third-order valence-corrected chi connectivity index (χ3v) is 2.69. The average molecular weight is 281 g/mol. The standard InChI is InChI=1S/C14H19FN2O3/c1-9(2)7-12(13(18)19)17-14(20)16-8-10-5-3-4-6-11(10)15/h3-6,9,12H,7-8H2,1-2H3,(H,18,19)(H2,16,17,20)/p-1/t12-/m0/s1. The van der Waals surface area contributed by atoms with Crippen molar-refractivity contribution in [3.8, 4) is 0 Å². The molecule has 0 spiro atoms. The highest BCUT2D eigenvalue weighted by Gasteiger charge is 2.15. The molecule has 0 saturated heterocycles. The fourth-order valence-electron chi connectivity index (χ4n) is 1.71.